The third-order valence-corrected chi connectivity index (χ3v) is 6.07. The summed E-state index contributed by atoms with van der Waals surface area (Å²) in [4.78, 5) is 12.4. The molecule has 3 rings (SSSR count). The largest absolute Gasteiger partial charge is 0.318 e. The number of hydrogen-bond acceptors (Lipinski definition) is 4. The monoisotopic (exact) mass is 456 g/mol. The number of sulfonamides is 1. The van der Waals surface area contributed by atoms with Crippen LogP contribution in [0.4, 0.5) is 10.1 Å². The molecule has 1 heterocycles. The van der Waals surface area contributed by atoms with E-state index >= 15 is 0 Å². The second-order valence-electron chi connectivity index (χ2n) is 7.54. The van der Waals surface area contributed by atoms with Gasteiger partial charge in [0.25, 0.3) is 5.91 Å². The van der Waals surface area contributed by atoms with Gasteiger partial charge in [0.1, 0.15) is 12.4 Å². The van der Waals surface area contributed by atoms with Crippen molar-refractivity contribution in [1.29, 1.82) is 0 Å². The molecule has 0 saturated carbocycles. The first-order chi connectivity index (χ1) is 15.1. The van der Waals surface area contributed by atoms with Crippen molar-refractivity contribution in [1.82, 2.24) is 9.99 Å². The zero-order chi connectivity index (χ0) is 23.5. The fraction of sp³-hybridized carbons (Fsp3) is 0.217. The number of rotatable bonds is 7. The van der Waals surface area contributed by atoms with Gasteiger partial charge in [-0.2, -0.15) is 5.10 Å². The number of carbonyl (C=O) groups excluding carboxylic acids is 1. The van der Waals surface area contributed by atoms with Crippen molar-refractivity contribution in [2.75, 3.05) is 17.1 Å². The summed E-state index contributed by atoms with van der Waals surface area (Å²) in [5.41, 5.74) is 7.05. The minimum Gasteiger partial charge on any atom is -0.318 e. The van der Waals surface area contributed by atoms with Gasteiger partial charge in [-0.25, -0.2) is 18.2 Å². The highest BCUT2D eigenvalue weighted by atomic mass is 32.2. The van der Waals surface area contributed by atoms with E-state index in [9.17, 15) is 17.6 Å². The van der Waals surface area contributed by atoms with Gasteiger partial charge in [-0.05, 0) is 68.8 Å². The van der Waals surface area contributed by atoms with E-state index in [1.807, 2.05) is 37.5 Å². The molecule has 0 fully saturated rings. The van der Waals surface area contributed by atoms with Crippen LogP contribution in [0.3, 0.4) is 0 Å². The summed E-state index contributed by atoms with van der Waals surface area (Å²) in [6, 6.07) is 15.0. The van der Waals surface area contributed by atoms with Gasteiger partial charge in [0, 0.05) is 22.6 Å². The van der Waals surface area contributed by atoms with Crippen molar-refractivity contribution in [3.63, 3.8) is 0 Å². The Morgan fingerprint density at radius 2 is 1.81 bits per heavy atom. The van der Waals surface area contributed by atoms with E-state index in [1.165, 1.54) is 18.3 Å². The van der Waals surface area contributed by atoms with Crippen LogP contribution < -0.4 is 9.73 Å². The van der Waals surface area contributed by atoms with Gasteiger partial charge in [0.05, 0.1) is 18.2 Å². The molecule has 0 aliphatic rings. The maximum atomic E-state index is 13.2. The van der Waals surface area contributed by atoms with Crippen LogP contribution in [-0.4, -0.2) is 37.9 Å². The molecule has 0 atom stereocenters. The summed E-state index contributed by atoms with van der Waals surface area (Å²) in [5, 5.41) is 3.99. The van der Waals surface area contributed by atoms with Gasteiger partial charge in [-0.1, -0.05) is 12.1 Å². The number of carbonyl (C=O) groups is 1. The predicted molar refractivity (Wildman–Crippen MR) is 124 cm³/mol. The van der Waals surface area contributed by atoms with Crippen molar-refractivity contribution in [3.8, 4) is 5.69 Å². The summed E-state index contributed by atoms with van der Waals surface area (Å²) in [5.74, 6) is -0.880. The molecule has 32 heavy (non-hydrogen) atoms. The molecule has 2 aromatic carbocycles. The third-order valence-electron chi connectivity index (χ3n) is 4.93. The predicted octanol–water partition coefficient (Wildman–Crippen LogP) is 3.46. The molecule has 0 radical (unpaired) electrons. The Balaban J connectivity index is 1.73. The summed E-state index contributed by atoms with van der Waals surface area (Å²) in [6.45, 7) is 5.26. The zero-order valence-corrected chi connectivity index (χ0v) is 19.1. The van der Waals surface area contributed by atoms with E-state index in [4.69, 9.17) is 0 Å². The van der Waals surface area contributed by atoms with Crippen LogP contribution in [0.5, 0.6) is 0 Å². The molecule has 0 saturated heterocycles. The average Bonchev–Trinajstić information content (AvgIpc) is 2.99. The summed E-state index contributed by atoms with van der Waals surface area (Å²) in [6.07, 6.45) is 2.55. The van der Waals surface area contributed by atoms with E-state index in [2.05, 4.69) is 10.5 Å². The lowest BCUT2D eigenvalue weighted by Crippen LogP contribution is -2.39. The zero-order valence-electron chi connectivity index (χ0n) is 18.3. The first kappa shape index (κ1) is 23.2. The van der Waals surface area contributed by atoms with Gasteiger partial charge in [-0.15, -0.1) is 0 Å². The molecular weight excluding hydrogens is 431 g/mol. The quantitative estimate of drug-likeness (QED) is 0.437. The van der Waals surface area contributed by atoms with Crippen LogP contribution in [-0.2, 0) is 14.8 Å². The Kier molecular flexibility index (Phi) is 6.78. The number of hydrogen-bond donors (Lipinski definition) is 1. The van der Waals surface area contributed by atoms with E-state index in [0.717, 1.165) is 38.8 Å². The van der Waals surface area contributed by atoms with Crippen LogP contribution in [0.25, 0.3) is 5.69 Å². The third kappa shape index (κ3) is 5.42. The highest BCUT2D eigenvalue weighted by Crippen LogP contribution is 2.20. The maximum Gasteiger partial charge on any atom is 0.260 e. The topological polar surface area (TPSA) is 83.8 Å². The molecule has 0 aliphatic heterocycles. The first-order valence-electron chi connectivity index (χ1n) is 9.87. The van der Waals surface area contributed by atoms with Crippen molar-refractivity contribution >= 4 is 27.8 Å². The Hall–Kier alpha value is -3.46. The van der Waals surface area contributed by atoms with Crippen LogP contribution in [0.2, 0.25) is 0 Å². The molecule has 9 heteroatoms. The van der Waals surface area contributed by atoms with Gasteiger partial charge in [0.2, 0.25) is 10.0 Å². The molecule has 0 unspecified atom stereocenters. The fourth-order valence-corrected chi connectivity index (χ4v) is 4.28. The number of halogens is 1. The number of anilines is 1. The Morgan fingerprint density at radius 1 is 1.12 bits per heavy atom. The standard InChI is InChI=1S/C23H25FN4O3S/c1-16-6-5-7-22(12-16)27(32(4,30)31)15-23(29)26-25-14-19-13-17(2)28(18(19)3)21-10-8-20(24)9-11-21/h5-14H,15H2,1-4H3,(H,26,29)/b25-14-. The molecule has 1 aromatic heterocycles. The minimum atomic E-state index is -3.66. The molecule has 1 N–H and O–H groups in total. The number of aryl methyl sites for hydroxylation is 2. The second kappa shape index (κ2) is 9.35. The Morgan fingerprint density at radius 3 is 2.44 bits per heavy atom. The van der Waals surface area contributed by atoms with Crippen LogP contribution >= 0.6 is 0 Å². The lowest BCUT2D eigenvalue weighted by atomic mass is 10.2. The van der Waals surface area contributed by atoms with E-state index < -0.39 is 22.5 Å². The number of aromatic nitrogens is 1. The first-order valence-corrected chi connectivity index (χ1v) is 11.7. The maximum absolute atomic E-state index is 13.2. The van der Waals surface area contributed by atoms with Crippen molar-refractivity contribution in [2.24, 2.45) is 5.10 Å². The Labute approximate surface area is 187 Å². The SMILES string of the molecule is Cc1cccc(N(CC(=O)N/N=C\c2cc(C)n(-c3ccc(F)cc3)c2C)S(C)(=O)=O)c1. The van der Waals surface area contributed by atoms with Crippen molar-refractivity contribution < 1.29 is 17.6 Å². The lowest BCUT2D eigenvalue weighted by molar-refractivity contribution is -0.119. The highest BCUT2D eigenvalue weighted by Gasteiger charge is 2.20. The second-order valence-corrected chi connectivity index (χ2v) is 9.45. The van der Waals surface area contributed by atoms with Crippen LogP contribution in [0.1, 0.15) is 22.5 Å². The summed E-state index contributed by atoms with van der Waals surface area (Å²) in [7, 11) is -3.66. The molecule has 7 nitrogen and oxygen atoms in total. The number of nitrogens with one attached hydrogen (secondary N) is 1. The van der Waals surface area contributed by atoms with Crippen molar-refractivity contribution in [2.45, 2.75) is 20.8 Å². The Bertz CT molecular complexity index is 1260. The molecular formula is C23H25FN4O3S. The van der Waals surface area contributed by atoms with Gasteiger partial charge < -0.3 is 4.57 Å². The summed E-state index contributed by atoms with van der Waals surface area (Å²) < 4.78 is 40.6. The molecule has 0 spiro atoms. The highest BCUT2D eigenvalue weighted by molar-refractivity contribution is 7.92. The minimum absolute atomic E-state index is 0.311. The molecule has 0 aliphatic carbocycles. The van der Waals surface area contributed by atoms with Gasteiger partial charge in [0.15, 0.2) is 0 Å². The van der Waals surface area contributed by atoms with Gasteiger partial charge >= 0.3 is 0 Å². The lowest BCUT2D eigenvalue weighted by Gasteiger charge is -2.21. The molecule has 0 bridgehead atoms. The fourth-order valence-electron chi connectivity index (χ4n) is 3.43. The number of nitrogens with zero attached hydrogens (tertiary/aromatic N) is 3. The molecule has 3 aromatic rings. The van der Waals surface area contributed by atoms with E-state index in [1.54, 1.807) is 30.3 Å². The normalized spacial score (nSPS) is 11.7. The van der Waals surface area contributed by atoms with Crippen LogP contribution in [0, 0.1) is 26.6 Å². The van der Waals surface area contributed by atoms with Crippen LogP contribution in [0.15, 0.2) is 59.7 Å². The van der Waals surface area contributed by atoms with E-state index in [0.29, 0.717) is 5.69 Å². The molecule has 168 valence electrons. The van der Waals surface area contributed by atoms with E-state index in [-0.39, 0.29) is 5.82 Å². The van der Waals surface area contributed by atoms with Gasteiger partial charge in [-0.3, -0.25) is 9.10 Å². The smallest absolute Gasteiger partial charge is 0.260 e. The summed E-state index contributed by atoms with van der Waals surface area (Å²) >= 11 is 0. The number of hydrazone groups is 1. The van der Waals surface area contributed by atoms with Crippen molar-refractivity contribution in [3.05, 3.63) is 82.9 Å². The average molecular weight is 457 g/mol. The molecule has 1 amide bonds. The number of benzene rings is 2. The number of amides is 1.